The molecule has 0 saturated heterocycles. The molecule has 5 heteroatoms. The number of hydrogen-bond acceptors (Lipinski definition) is 3. The van der Waals surface area contributed by atoms with Crippen molar-refractivity contribution in [2.75, 3.05) is 6.54 Å². The van der Waals surface area contributed by atoms with E-state index >= 15 is 0 Å². The van der Waals surface area contributed by atoms with Gasteiger partial charge in [-0.25, -0.2) is 4.68 Å². The van der Waals surface area contributed by atoms with Crippen LogP contribution in [0, 0.1) is 5.92 Å². The Morgan fingerprint density at radius 1 is 1.33 bits per heavy atom. The zero-order chi connectivity index (χ0) is 14.8. The summed E-state index contributed by atoms with van der Waals surface area (Å²) in [5.74, 6) is 0.684. The summed E-state index contributed by atoms with van der Waals surface area (Å²) in [6.45, 7) is 6.57. The molecule has 1 aromatic heterocycles. The smallest absolute Gasteiger partial charge is 0.0971 e. The van der Waals surface area contributed by atoms with Crippen LogP contribution in [0.2, 0.25) is 0 Å². The molecule has 21 heavy (non-hydrogen) atoms. The third kappa shape index (κ3) is 3.71. The Morgan fingerprint density at radius 2 is 2.10 bits per heavy atom. The first-order valence-corrected chi connectivity index (χ1v) is 8.33. The molecule has 0 amide bonds. The second-order valence-electron chi connectivity index (χ2n) is 6.16. The van der Waals surface area contributed by atoms with Crippen molar-refractivity contribution in [3.05, 3.63) is 40.6 Å². The molecule has 1 aliphatic rings. The molecule has 3 rings (SSSR count). The maximum atomic E-state index is 4.34. The van der Waals surface area contributed by atoms with Crippen LogP contribution >= 0.6 is 15.9 Å². The average Bonchev–Trinajstić information content (AvgIpc) is 3.19. The van der Waals surface area contributed by atoms with Gasteiger partial charge in [-0.15, -0.1) is 5.10 Å². The van der Waals surface area contributed by atoms with Crippen molar-refractivity contribution in [1.29, 1.82) is 0 Å². The van der Waals surface area contributed by atoms with E-state index in [0.29, 0.717) is 5.92 Å². The van der Waals surface area contributed by atoms with Crippen LogP contribution in [0.3, 0.4) is 0 Å². The van der Waals surface area contributed by atoms with Crippen molar-refractivity contribution in [3.63, 3.8) is 0 Å². The highest BCUT2D eigenvalue weighted by atomic mass is 79.9. The van der Waals surface area contributed by atoms with Gasteiger partial charge in [0.25, 0.3) is 0 Å². The van der Waals surface area contributed by atoms with E-state index < -0.39 is 0 Å². The monoisotopic (exact) mass is 348 g/mol. The van der Waals surface area contributed by atoms with Gasteiger partial charge < -0.3 is 0 Å². The quantitative estimate of drug-likeness (QED) is 0.798. The molecule has 0 N–H and O–H groups in total. The van der Waals surface area contributed by atoms with Gasteiger partial charge in [0.15, 0.2) is 0 Å². The number of rotatable bonds is 6. The van der Waals surface area contributed by atoms with E-state index in [1.54, 1.807) is 0 Å². The molecule has 2 aromatic rings. The van der Waals surface area contributed by atoms with Crippen molar-refractivity contribution in [3.8, 4) is 5.69 Å². The van der Waals surface area contributed by atoms with Crippen LogP contribution in [-0.2, 0) is 6.54 Å². The van der Waals surface area contributed by atoms with Gasteiger partial charge in [-0.3, -0.25) is 4.90 Å². The molecule has 0 bridgehead atoms. The van der Waals surface area contributed by atoms with Crippen LogP contribution in [0.15, 0.2) is 34.9 Å². The van der Waals surface area contributed by atoms with Crippen molar-refractivity contribution >= 4 is 15.9 Å². The molecule has 1 saturated carbocycles. The van der Waals surface area contributed by atoms with E-state index in [1.807, 2.05) is 35.1 Å². The van der Waals surface area contributed by atoms with Crippen molar-refractivity contribution in [2.45, 2.75) is 39.3 Å². The normalized spacial score (nSPS) is 15.1. The first-order chi connectivity index (χ1) is 10.1. The number of para-hydroxylation sites is 1. The van der Waals surface area contributed by atoms with Gasteiger partial charge in [0.1, 0.15) is 0 Å². The minimum atomic E-state index is 0.684. The minimum absolute atomic E-state index is 0.684. The summed E-state index contributed by atoms with van der Waals surface area (Å²) in [7, 11) is 0. The third-order valence-electron chi connectivity index (χ3n) is 3.67. The largest absolute Gasteiger partial charge is 0.294 e. The maximum absolute atomic E-state index is 4.34. The van der Waals surface area contributed by atoms with Crippen molar-refractivity contribution < 1.29 is 0 Å². The van der Waals surface area contributed by atoms with E-state index in [-0.39, 0.29) is 0 Å². The van der Waals surface area contributed by atoms with E-state index in [1.165, 1.54) is 12.8 Å². The molecule has 0 aliphatic heterocycles. The minimum Gasteiger partial charge on any atom is -0.294 e. The Morgan fingerprint density at radius 3 is 2.76 bits per heavy atom. The number of benzene rings is 1. The number of hydrogen-bond donors (Lipinski definition) is 0. The second-order valence-corrected chi connectivity index (χ2v) is 7.01. The Bertz CT molecular complexity index is 604. The highest BCUT2D eigenvalue weighted by Gasteiger charge is 2.29. The molecule has 4 nitrogen and oxygen atoms in total. The molecule has 1 heterocycles. The predicted octanol–water partition coefficient (Wildman–Crippen LogP) is 3.65. The Hall–Kier alpha value is -1.20. The first kappa shape index (κ1) is 14.7. The van der Waals surface area contributed by atoms with Gasteiger partial charge in [0, 0.05) is 23.6 Å². The van der Waals surface area contributed by atoms with Gasteiger partial charge in [0.2, 0.25) is 0 Å². The molecule has 1 aliphatic carbocycles. The summed E-state index contributed by atoms with van der Waals surface area (Å²) in [5, 5.41) is 8.61. The summed E-state index contributed by atoms with van der Waals surface area (Å²) >= 11 is 3.56. The van der Waals surface area contributed by atoms with Crippen LogP contribution < -0.4 is 0 Å². The third-order valence-corrected chi connectivity index (χ3v) is 4.34. The van der Waals surface area contributed by atoms with Gasteiger partial charge in [0.05, 0.1) is 17.6 Å². The van der Waals surface area contributed by atoms with Gasteiger partial charge >= 0.3 is 0 Å². The zero-order valence-corrected chi connectivity index (χ0v) is 14.1. The summed E-state index contributed by atoms with van der Waals surface area (Å²) in [6, 6.07) is 8.82. The fourth-order valence-electron chi connectivity index (χ4n) is 2.59. The maximum Gasteiger partial charge on any atom is 0.0971 e. The lowest BCUT2D eigenvalue weighted by molar-refractivity contribution is 0.223. The van der Waals surface area contributed by atoms with E-state index in [9.17, 15) is 0 Å². The van der Waals surface area contributed by atoms with Crippen LogP contribution in [0.1, 0.15) is 32.4 Å². The lowest BCUT2D eigenvalue weighted by atomic mass is 10.2. The average molecular weight is 349 g/mol. The fourth-order valence-corrected chi connectivity index (χ4v) is 3.05. The lowest BCUT2D eigenvalue weighted by Crippen LogP contribution is -2.29. The van der Waals surface area contributed by atoms with E-state index in [2.05, 4.69) is 45.0 Å². The highest BCUT2D eigenvalue weighted by molar-refractivity contribution is 9.10. The van der Waals surface area contributed by atoms with E-state index in [4.69, 9.17) is 0 Å². The Kier molecular flexibility index (Phi) is 4.40. The Balaban J connectivity index is 1.74. The molecule has 0 unspecified atom stereocenters. The number of halogens is 1. The van der Waals surface area contributed by atoms with Gasteiger partial charge in [-0.2, -0.15) is 0 Å². The van der Waals surface area contributed by atoms with Gasteiger partial charge in [-0.1, -0.05) is 31.2 Å². The van der Waals surface area contributed by atoms with Crippen LogP contribution in [0.4, 0.5) is 0 Å². The lowest BCUT2D eigenvalue weighted by Gasteiger charge is -2.22. The van der Waals surface area contributed by atoms with Crippen LogP contribution in [-0.4, -0.2) is 32.5 Å². The summed E-state index contributed by atoms with van der Waals surface area (Å²) in [4.78, 5) is 2.54. The molecule has 0 atom stereocenters. The fraction of sp³-hybridized carbons (Fsp3) is 0.500. The molecule has 112 valence electrons. The number of aromatic nitrogens is 3. The standard InChI is InChI=1S/C16H21BrN4/c1-12(2)9-20(14-7-8-14)10-13-11-21(19-18-13)16-6-4-3-5-15(16)17/h3-6,11-12,14H,7-10H2,1-2H3. The SMILES string of the molecule is CC(C)CN(Cc1cn(-c2ccccc2Br)nn1)C1CC1. The summed E-state index contributed by atoms with van der Waals surface area (Å²) < 4.78 is 2.88. The second kappa shape index (κ2) is 6.28. The molecule has 1 aromatic carbocycles. The summed E-state index contributed by atoms with van der Waals surface area (Å²) in [5.41, 5.74) is 2.07. The van der Waals surface area contributed by atoms with Crippen molar-refractivity contribution in [1.82, 2.24) is 19.9 Å². The topological polar surface area (TPSA) is 34.0 Å². The first-order valence-electron chi connectivity index (χ1n) is 7.53. The van der Waals surface area contributed by atoms with Crippen molar-refractivity contribution in [2.24, 2.45) is 5.92 Å². The molecule has 0 radical (unpaired) electrons. The van der Waals surface area contributed by atoms with Crippen LogP contribution in [0.5, 0.6) is 0 Å². The molecule has 1 fully saturated rings. The Labute approximate surface area is 134 Å². The zero-order valence-electron chi connectivity index (χ0n) is 12.5. The predicted molar refractivity (Wildman–Crippen MR) is 87.3 cm³/mol. The molecule has 0 spiro atoms. The number of nitrogens with zero attached hydrogens (tertiary/aromatic N) is 4. The highest BCUT2D eigenvalue weighted by Crippen LogP contribution is 2.29. The molecular weight excluding hydrogens is 328 g/mol. The van der Waals surface area contributed by atoms with E-state index in [0.717, 1.165) is 35.0 Å². The van der Waals surface area contributed by atoms with Crippen LogP contribution in [0.25, 0.3) is 5.69 Å². The summed E-state index contributed by atoms with van der Waals surface area (Å²) in [6.07, 6.45) is 4.69. The van der Waals surface area contributed by atoms with Gasteiger partial charge in [-0.05, 0) is 46.8 Å². The molecular formula is C16H21BrN4.